The van der Waals surface area contributed by atoms with Crippen LogP contribution in [0.2, 0.25) is 0 Å². The molecule has 60 heavy (non-hydrogen) atoms. The van der Waals surface area contributed by atoms with E-state index >= 15 is 0 Å². The van der Waals surface area contributed by atoms with Crippen LogP contribution in [-0.2, 0) is 0 Å². The lowest BCUT2D eigenvalue weighted by Gasteiger charge is -2.18. The summed E-state index contributed by atoms with van der Waals surface area (Å²) in [6.45, 7) is 1.04. The predicted octanol–water partition coefficient (Wildman–Crippen LogP) is 8.94. The lowest BCUT2D eigenvalue weighted by Crippen LogP contribution is -2.15. The molecule has 9 aromatic heterocycles. The Hall–Kier alpha value is -8.33. The molecule has 0 atom stereocenters. The van der Waals surface area contributed by atoms with Gasteiger partial charge < -0.3 is 19.4 Å². The van der Waals surface area contributed by atoms with E-state index in [4.69, 9.17) is 19.4 Å². The summed E-state index contributed by atoms with van der Waals surface area (Å²) < 4.78 is 40.4. The average molecular weight is 794 g/mol. The molecule has 290 valence electrons. The fourth-order valence-corrected chi connectivity index (χ4v) is 6.90. The Morgan fingerprint density at radius 3 is 1.48 bits per heavy atom. The van der Waals surface area contributed by atoms with E-state index in [1.807, 2.05) is 66.7 Å². The molecule has 15 heteroatoms. The van der Waals surface area contributed by atoms with Crippen LogP contribution in [0.4, 0.5) is 8.78 Å². The summed E-state index contributed by atoms with van der Waals surface area (Å²) in [5.41, 5.74) is 9.05. The first-order chi connectivity index (χ1) is 29.6. The molecule has 11 rings (SSSR count). The molecule has 1 aliphatic heterocycles. The number of ether oxygens (including phenoxy) is 2. The number of H-pyrrole nitrogens is 2. The zero-order valence-corrected chi connectivity index (χ0v) is 31.3. The van der Waals surface area contributed by atoms with Crippen molar-refractivity contribution in [2.75, 3.05) is 13.2 Å². The smallest absolute Gasteiger partial charge is 0.178 e. The van der Waals surface area contributed by atoms with Crippen LogP contribution in [0.3, 0.4) is 0 Å². The molecule has 10 heterocycles. The molecule has 0 unspecified atom stereocenters. The first-order valence-corrected chi connectivity index (χ1v) is 18.7. The first kappa shape index (κ1) is 36.0. The van der Waals surface area contributed by atoms with Gasteiger partial charge in [-0.1, -0.05) is 0 Å². The Kier molecular flexibility index (Phi) is 9.34. The second-order valence-electron chi connectivity index (χ2n) is 13.5. The number of hydrogen-bond acceptors (Lipinski definition) is 11. The van der Waals surface area contributed by atoms with Gasteiger partial charge in [0.2, 0.25) is 0 Å². The SMILES string of the molecule is Fc1cnccc1-c1cc2[nH]c(-c3ccc4c(c3)OCCO4)nc2nc1-c1cccnc1.Fc1cnccc1-c1cc2[nH]c(-c3ccncc3)nc2nc1-c1cccnc1. The predicted molar refractivity (Wildman–Crippen MR) is 220 cm³/mol. The van der Waals surface area contributed by atoms with Gasteiger partial charge in [0.05, 0.1) is 34.8 Å². The van der Waals surface area contributed by atoms with Crippen LogP contribution in [0, 0.1) is 11.6 Å². The summed E-state index contributed by atoms with van der Waals surface area (Å²) in [6.07, 6.45) is 15.7. The third-order valence-corrected chi connectivity index (χ3v) is 9.71. The molecule has 0 fully saturated rings. The van der Waals surface area contributed by atoms with Crippen LogP contribution < -0.4 is 9.47 Å². The maximum atomic E-state index is 14.6. The molecule has 13 nitrogen and oxygen atoms in total. The third kappa shape index (κ3) is 7.00. The van der Waals surface area contributed by atoms with Crippen LogP contribution in [0.1, 0.15) is 0 Å². The zero-order chi connectivity index (χ0) is 40.4. The van der Waals surface area contributed by atoms with Crippen molar-refractivity contribution in [3.05, 3.63) is 152 Å². The highest BCUT2D eigenvalue weighted by Crippen LogP contribution is 2.38. The minimum absolute atomic E-state index is 0.406. The number of hydrogen-bond donors (Lipinski definition) is 2. The van der Waals surface area contributed by atoms with Gasteiger partial charge in [-0.15, -0.1) is 0 Å². The number of fused-ring (bicyclic) bond motifs is 3. The molecular weight excluding hydrogens is 765 g/mol. The van der Waals surface area contributed by atoms with Crippen LogP contribution in [-0.4, -0.2) is 68.0 Å². The highest BCUT2D eigenvalue weighted by atomic mass is 19.1. The number of nitrogens with one attached hydrogen (secondary N) is 2. The van der Waals surface area contributed by atoms with Gasteiger partial charge in [0, 0.05) is 94.1 Å². The summed E-state index contributed by atoms with van der Waals surface area (Å²) in [5.74, 6) is 1.86. The van der Waals surface area contributed by atoms with Gasteiger partial charge in [0.1, 0.15) is 36.5 Å². The molecule has 0 spiro atoms. The molecule has 2 N–H and O–H groups in total. The molecule has 0 aliphatic carbocycles. The number of nitrogens with zero attached hydrogens (tertiary/aromatic N) is 9. The van der Waals surface area contributed by atoms with E-state index in [-0.39, 0.29) is 0 Å². The monoisotopic (exact) mass is 793 g/mol. The van der Waals surface area contributed by atoms with E-state index in [1.165, 1.54) is 12.4 Å². The number of imidazole rings is 2. The van der Waals surface area contributed by atoms with Gasteiger partial charge in [-0.3, -0.25) is 24.9 Å². The summed E-state index contributed by atoms with van der Waals surface area (Å²) in [7, 11) is 0. The van der Waals surface area contributed by atoms with Crippen molar-refractivity contribution < 1.29 is 18.3 Å². The fourth-order valence-electron chi connectivity index (χ4n) is 6.90. The molecule has 0 amide bonds. The standard InChI is InChI=1S/C24H16FN5O2.C21H13FN6/c25-18-13-27-7-5-16(18)17-11-19-24(29-22(17)15-2-1-6-26-12-15)30-23(28-19)14-3-4-20-21(10-14)32-9-8-31-20;22-17-12-25-9-5-15(17)16-10-18-21(27-19(16)14-2-1-6-24-11-14)28-20(26-18)13-3-7-23-8-4-13/h1-7,10-13H,8-9H2,(H,28,29,30);1-12H,(H,26,27,28). The van der Waals surface area contributed by atoms with Crippen LogP contribution >= 0.6 is 0 Å². The second kappa shape index (κ2) is 15.5. The molecule has 0 bridgehead atoms. The van der Waals surface area contributed by atoms with E-state index in [2.05, 4.69) is 44.9 Å². The highest BCUT2D eigenvalue weighted by Gasteiger charge is 2.20. The Morgan fingerprint density at radius 1 is 0.433 bits per heavy atom. The molecule has 0 radical (unpaired) electrons. The first-order valence-electron chi connectivity index (χ1n) is 18.7. The molecule has 0 saturated carbocycles. The van der Waals surface area contributed by atoms with Crippen LogP contribution in [0.25, 0.3) is 89.9 Å². The Balaban J connectivity index is 0.000000146. The molecule has 0 saturated heterocycles. The third-order valence-electron chi connectivity index (χ3n) is 9.71. The van der Waals surface area contributed by atoms with Crippen molar-refractivity contribution >= 4 is 22.3 Å². The van der Waals surface area contributed by atoms with E-state index in [9.17, 15) is 8.78 Å². The number of aromatic amines is 2. The molecule has 1 aromatic carbocycles. The number of aromatic nitrogens is 11. The van der Waals surface area contributed by atoms with Crippen molar-refractivity contribution in [2.45, 2.75) is 0 Å². The Labute approximate surface area is 339 Å². The normalized spacial score (nSPS) is 12.0. The molecule has 1 aliphatic rings. The largest absolute Gasteiger partial charge is 0.486 e. The summed E-state index contributed by atoms with van der Waals surface area (Å²) in [5, 5.41) is 0. The van der Waals surface area contributed by atoms with Gasteiger partial charge in [-0.2, -0.15) is 0 Å². The van der Waals surface area contributed by atoms with Gasteiger partial charge in [0.25, 0.3) is 0 Å². The van der Waals surface area contributed by atoms with Crippen molar-refractivity contribution in [3.63, 3.8) is 0 Å². The summed E-state index contributed by atoms with van der Waals surface area (Å²) in [4.78, 5) is 45.5. The minimum atomic E-state index is -0.426. The van der Waals surface area contributed by atoms with Gasteiger partial charge in [-0.25, -0.2) is 28.7 Å². The quantitative estimate of drug-likeness (QED) is 0.165. The summed E-state index contributed by atoms with van der Waals surface area (Å²) in [6, 6.07) is 23.8. The number of halogens is 2. The van der Waals surface area contributed by atoms with E-state index in [1.54, 1.807) is 61.7 Å². The number of rotatable bonds is 6. The molecular formula is C45H29F2N11O2. The number of benzene rings is 1. The van der Waals surface area contributed by atoms with Crippen LogP contribution in [0.15, 0.2) is 141 Å². The topological polar surface area (TPSA) is 166 Å². The van der Waals surface area contributed by atoms with Crippen molar-refractivity contribution in [2.24, 2.45) is 0 Å². The molecule has 10 aromatic rings. The van der Waals surface area contributed by atoms with Crippen molar-refractivity contribution in [1.82, 2.24) is 54.8 Å². The van der Waals surface area contributed by atoms with E-state index < -0.39 is 11.6 Å². The maximum absolute atomic E-state index is 14.6. The Bertz CT molecular complexity index is 3150. The number of pyridine rings is 7. The highest BCUT2D eigenvalue weighted by molar-refractivity contribution is 5.91. The fraction of sp³-hybridized carbons (Fsp3) is 0.0444. The summed E-state index contributed by atoms with van der Waals surface area (Å²) >= 11 is 0. The van der Waals surface area contributed by atoms with Crippen molar-refractivity contribution in [3.8, 4) is 79.0 Å². The zero-order valence-electron chi connectivity index (χ0n) is 31.3. The lowest BCUT2D eigenvalue weighted by atomic mass is 10.0. The van der Waals surface area contributed by atoms with E-state index in [0.717, 1.165) is 22.3 Å². The van der Waals surface area contributed by atoms with Gasteiger partial charge in [-0.05, 0) is 78.9 Å². The van der Waals surface area contributed by atoms with Gasteiger partial charge >= 0.3 is 0 Å². The van der Waals surface area contributed by atoms with Crippen LogP contribution in [0.5, 0.6) is 11.5 Å². The lowest BCUT2D eigenvalue weighted by molar-refractivity contribution is 0.171. The van der Waals surface area contributed by atoms with E-state index in [0.29, 0.717) is 92.3 Å². The minimum Gasteiger partial charge on any atom is -0.486 e. The maximum Gasteiger partial charge on any atom is 0.178 e. The van der Waals surface area contributed by atoms with Crippen molar-refractivity contribution in [1.29, 1.82) is 0 Å². The average Bonchev–Trinajstić information content (AvgIpc) is 3.94. The van der Waals surface area contributed by atoms with Gasteiger partial charge in [0.15, 0.2) is 22.8 Å². The Morgan fingerprint density at radius 2 is 0.950 bits per heavy atom. The second-order valence-corrected chi connectivity index (χ2v) is 13.5.